The summed E-state index contributed by atoms with van der Waals surface area (Å²) < 4.78 is 16.7. The Morgan fingerprint density at radius 1 is 0.561 bits per heavy atom. The molecule has 41 heavy (non-hydrogen) atoms. The fraction of sp³-hybridized carbons (Fsp3) is 0.111. The third-order valence-electron chi connectivity index (χ3n) is 6.09. The number of benzene rings is 4. The van der Waals surface area contributed by atoms with Crippen molar-refractivity contribution in [1.29, 1.82) is 0 Å². The molecular weight excluding hydrogens is 512 g/mol. The molecule has 4 rings (SSSR count). The Balaban J connectivity index is 1.58. The van der Waals surface area contributed by atoms with Gasteiger partial charge >= 0.3 is 11.9 Å². The van der Waals surface area contributed by atoms with E-state index in [1.54, 1.807) is 44.4 Å². The van der Waals surface area contributed by atoms with E-state index < -0.39 is 11.9 Å². The molecule has 0 amide bonds. The van der Waals surface area contributed by atoms with Gasteiger partial charge in [0.1, 0.15) is 17.2 Å². The van der Waals surface area contributed by atoms with Gasteiger partial charge in [0.15, 0.2) is 0 Å². The van der Waals surface area contributed by atoms with Crippen LogP contribution in [0.15, 0.2) is 127 Å². The lowest BCUT2D eigenvalue weighted by Gasteiger charge is -2.13. The molecule has 0 heterocycles. The molecular formula is C36H32O5. The highest BCUT2D eigenvalue weighted by Gasteiger charge is 2.11. The maximum Gasteiger partial charge on any atom is 0.338 e. The lowest BCUT2D eigenvalue weighted by Crippen LogP contribution is -2.07. The van der Waals surface area contributed by atoms with E-state index in [0.717, 1.165) is 44.7 Å². The Labute approximate surface area is 241 Å². The molecule has 0 unspecified atom stereocenters. The lowest BCUT2D eigenvalue weighted by atomic mass is 9.97. The zero-order chi connectivity index (χ0) is 29.5. The number of hydrogen-bond acceptors (Lipinski definition) is 5. The van der Waals surface area contributed by atoms with Crippen LogP contribution in [-0.2, 0) is 9.59 Å². The molecule has 0 radical (unpaired) electrons. The van der Waals surface area contributed by atoms with Gasteiger partial charge in [-0.05, 0) is 91.4 Å². The summed E-state index contributed by atoms with van der Waals surface area (Å²) in [5.74, 6) is 0.758. The molecule has 0 fully saturated rings. The first-order chi connectivity index (χ1) is 19.6. The van der Waals surface area contributed by atoms with Crippen LogP contribution in [0.3, 0.4) is 0 Å². The van der Waals surface area contributed by atoms with Crippen molar-refractivity contribution in [2.45, 2.75) is 27.7 Å². The average Bonchev–Trinajstić information content (AvgIpc) is 2.96. The van der Waals surface area contributed by atoms with E-state index in [1.807, 2.05) is 68.4 Å². The summed E-state index contributed by atoms with van der Waals surface area (Å²) in [6.07, 6.45) is 1.74. The highest BCUT2D eigenvalue weighted by Crippen LogP contribution is 2.36. The van der Waals surface area contributed by atoms with Crippen molar-refractivity contribution in [3.63, 3.8) is 0 Å². The Morgan fingerprint density at radius 3 is 1.39 bits per heavy atom. The third kappa shape index (κ3) is 7.49. The molecule has 0 aliphatic carbocycles. The number of carbonyl (C=O) groups is 2. The van der Waals surface area contributed by atoms with Crippen molar-refractivity contribution in [2.24, 2.45) is 0 Å². The Kier molecular flexibility index (Phi) is 9.00. The van der Waals surface area contributed by atoms with Crippen LogP contribution in [-0.4, -0.2) is 11.9 Å². The van der Waals surface area contributed by atoms with Gasteiger partial charge in [0.2, 0.25) is 0 Å². The van der Waals surface area contributed by atoms with Crippen molar-refractivity contribution in [2.75, 3.05) is 0 Å². The summed E-state index contributed by atoms with van der Waals surface area (Å²) in [5.41, 5.74) is 7.65. The molecule has 0 aromatic heterocycles. The third-order valence-corrected chi connectivity index (χ3v) is 6.09. The summed E-state index contributed by atoms with van der Waals surface area (Å²) in [7, 11) is 0. The summed E-state index contributed by atoms with van der Waals surface area (Å²) in [5, 5.41) is 0. The number of ether oxygens (including phenoxy) is 3. The quantitative estimate of drug-likeness (QED) is 0.0911. The average molecular weight is 545 g/mol. The molecule has 0 saturated carbocycles. The highest BCUT2D eigenvalue weighted by molar-refractivity contribution is 5.89. The first-order valence-electron chi connectivity index (χ1n) is 13.1. The minimum absolute atomic E-state index is 0.346. The summed E-state index contributed by atoms with van der Waals surface area (Å²) in [6.45, 7) is 14.4. The fourth-order valence-electron chi connectivity index (χ4n) is 3.88. The molecule has 0 N–H and O–H groups in total. The largest absolute Gasteiger partial charge is 0.464 e. The SMILES string of the molecule is C=C(C)C(=O)Oc1ccc(-c2ccc(-c3ccc(-c4ccc(OC(=O)C(=C)C)cc4)cc3OC=C(C)C)cc2)cc1. The van der Waals surface area contributed by atoms with E-state index in [4.69, 9.17) is 14.2 Å². The smallest absolute Gasteiger partial charge is 0.338 e. The van der Waals surface area contributed by atoms with Crippen LogP contribution in [0.1, 0.15) is 27.7 Å². The maximum absolute atomic E-state index is 11.8. The molecule has 0 atom stereocenters. The minimum atomic E-state index is -0.452. The van der Waals surface area contributed by atoms with Gasteiger partial charge in [-0.15, -0.1) is 0 Å². The number of esters is 2. The predicted octanol–water partition coefficient (Wildman–Crippen LogP) is 8.95. The summed E-state index contributed by atoms with van der Waals surface area (Å²) in [6, 6.07) is 29.0. The number of allylic oxidation sites excluding steroid dienone is 1. The van der Waals surface area contributed by atoms with Gasteiger partial charge < -0.3 is 14.2 Å². The van der Waals surface area contributed by atoms with Crippen LogP contribution in [0.4, 0.5) is 0 Å². The summed E-state index contributed by atoms with van der Waals surface area (Å²) in [4.78, 5) is 23.6. The van der Waals surface area contributed by atoms with Crippen molar-refractivity contribution < 1.29 is 23.8 Å². The zero-order valence-corrected chi connectivity index (χ0v) is 23.7. The van der Waals surface area contributed by atoms with Gasteiger partial charge in [-0.25, -0.2) is 9.59 Å². The first-order valence-corrected chi connectivity index (χ1v) is 13.1. The van der Waals surface area contributed by atoms with Crippen LogP contribution in [0.2, 0.25) is 0 Å². The van der Waals surface area contributed by atoms with E-state index in [9.17, 15) is 9.59 Å². The molecule has 5 heteroatoms. The molecule has 0 saturated heterocycles. The molecule has 5 nitrogen and oxygen atoms in total. The van der Waals surface area contributed by atoms with Gasteiger partial charge in [-0.2, -0.15) is 0 Å². The van der Waals surface area contributed by atoms with E-state index in [1.165, 1.54) is 0 Å². The second-order valence-corrected chi connectivity index (χ2v) is 9.99. The molecule has 0 bridgehead atoms. The number of hydrogen-bond donors (Lipinski definition) is 0. The normalized spacial score (nSPS) is 10.3. The second kappa shape index (κ2) is 12.8. The van der Waals surface area contributed by atoms with E-state index >= 15 is 0 Å². The van der Waals surface area contributed by atoms with Crippen molar-refractivity contribution >= 4 is 11.9 Å². The van der Waals surface area contributed by atoms with E-state index in [2.05, 4.69) is 25.3 Å². The van der Waals surface area contributed by atoms with Crippen LogP contribution < -0.4 is 14.2 Å². The monoisotopic (exact) mass is 544 g/mol. The lowest BCUT2D eigenvalue weighted by molar-refractivity contribution is -0.130. The molecule has 0 aliphatic heterocycles. The van der Waals surface area contributed by atoms with Crippen molar-refractivity contribution in [3.05, 3.63) is 127 Å². The highest BCUT2D eigenvalue weighted by atomic mass is 16.5. The Bertz CT molecular complexity index is 1620. The van der Waals surface area contributed by atoms with Crippen LogP contribution in [0, 0.1) is 0 Å². The summed E-state index contributed by atoms with van der Waals surface area (Å²) >= 11 is 0. The molecule has 4 aromatic carbocycles. The van der Waals surface area contributed by atoms with Gasteiger partial charge in [-0.1, -0.05) is 73.8 Å². The molecule has 0 aliphatic rings. The topological polar surface area (TPSA) is 61.8 Å². The maximum atomic E-state index is 11.8. The molecule has 0 spiro atoms. The Hall–Kier alpha value is -5.16. The Morgan fingerprint density at radius 2 is 0.951 bits per heavy atom. The van der Waals surface area contributed by atoms with Crippen LogP contribution in [0.5, 0.6) is 17.2 Å². The first kappa shape index (κ1) is 28.8. The van der Waals surface area contributed by atoms with Gasteiger partial charge in [0.05, 0.1) is 6.26 Å². The van der Waals surface area contributed by atoms with E-state index in [0.29, 0.717) is 22.6 Å². The predicted molar refractivity (Wildman–Crippen MR) is 164 cm³/mol. The van der Waals surface area contributed by atoms with Gasteiger partial charge in [0.25, 0.3) is 0 Å². The van der Waals surface area contributed by atoms with Crippen molar-refractivity contribution in [1.82, 2.24) is 0 Å². The van der Waals surface area contributed by atoms with Crippen LogP contribution in [0.25, 0.3) is 33.4 Å². The number of carbonyl (C=O) groups excluding carboxylic acids is 2. The standard InChI is InChI=1S/C36H32O5/c1-23(2)22-39-34-21-30(28-13-18-32(19-14-28)41-36(38)25(5)6)15-20-33(34)29-9-7-26(8-10-29)27-11-16-31(17-12-27)40-35(37)24(3)4/h7-22H,3,5H2,1-2,4,6H3. The molecule has 4 aromatic rings. The van der Waals surface area contributed by atoms with Gasteiger partial charge in [-0.3, -0.25) is 0 Å². The van der Waals surface area contributed by atoms with Gasteiger partial charge in [0, 0.05) is 16.7 Å². The van der Waals surface area contributed by atoms with Crippen LogP contribution >= 0.6 is 0 Å². The fourth-order valence-corrected chi connectivity index (χ4v) is 3.88. The van der Waals surface area contributed by atoms with Crippen molar-refractivity contribution in [3.8, 4) is 50.6 Å². The zero-order valence-electron chi connectivity index (χ0n) is 23.7. The minimum Gasteiger partial charge on any atom is -0.464 e. The van der Waals surface area contributed by atoms with E-state index in [-0.39, 0.29) is 0 Å². The second-order valence-electron chi connectivity index (χ2n) is 9.99. The number of rotatable bonds is 9. The molecule has 206 valence electrons.